The maximum atomic E-state index is 12.7. The highest BCUT2D eigenvalue weighted by Gasteiger charge is 2.22. The van der Waals surface area contributed by atoms with Gasteiger partial charge >= 0.3 is 5.97 Å². The summed E-state index contributed by atoms with van der Waals surface area (Å²) >= 11 is 0. The Labute approximate surface area is 143 Å². The van der Waals surface area contributed by atoms with Gasteiger partial charge in [-0.05, 0) is 30.7 Å². The van der Waals surface area contributed by atoms with E-state index in [0.29, 0.717) is 18.9 Å². The van der Waals surface area contributed by atoms with Crippen LogP contribution in [0, 0.1) is 11.8 Å². The Morgan fingerprint density at radius 2 is 1.92 bits per heavy atom. The molecule has 1 fully saturated rings. The highest BCUT2D eigenvalue weighted by Crippen LogP contribution is 2.21. The number of carbonyl (C=O) groups excluding carboxylic acids is 1. The van der Waals surface area contributed by atoms with Gasteiger partial charge in [-0.1, -0.05) is 37.3 Å². The fourth-order valence-corrected chi connectivity index (χ4v) is 2.99. The molecule has 1 amide bonds. The second-order valence-corrected chi connectivity index (χ2v) is 6.59. The van der Waals surface area contributed by atoms with Crippen molar-refractivity contribution in [2.75, 3.05) is 19.8 Å². The Morgan fingerprint density at radius 1 is 1.25 bits per heavy atom. The zero-order chi connectivity index (χ0) is 17.4. The van der Waals surface area contributed by atoms with Gasteiger partial charge in [0, 0.05) is 32.7 Å². The Bertz CT molecular complexity index is 525. The lowest BCUT2D eigenvalue weighted by Gasteiger charge is -2.27. The monoisotopic (exact) mass is 333 g/mol. The highest BCUT2D eigenvalue weighted by atomic mass is 16.5. The summed E-state index contributed by atoms with van der Waals surface area (Å²) in [7, 11) is 0. The van der Waals surface area contributed by atoms with Gasteiger partial charge in [-0.2, -0.15) is 0 Å². The molecular weight excluding hydrogens is 306 g/mol. The van der Waals surface area contributed by atoms with Crippen molar-refractivity contribution in [1.82, 2.24) is 4.90 Å². The minimum absolute atomic E-state index is 0.0402. The number of ether oxygens (including phenoxy) is 1. The zero-order valence-electron chi connectivity index (χ0n) is 14.3. The summed E-state index contributed by atoms with van der Waals surface area (Å²) in [6.45, 7) is 3.92. The lowest BCUT2D eigenvalue weighted by atomic mass is 9.94. The topological polar surface area (TPSA) is 66.8 Å². The number of hydrogen-bond acceptors (Lipinski definition) is 3. The molecule has 0 radical (unpaired) electrons. The van der Waals surface area contributed by atoms with Gasteiger partial charge in [-0.3, -0.25) is 9.59 Å². The van der Waals surface area contributed by atoms with Crippen molar-refractivity contribution < 1.29 is 19.4 Å². The quantitative estimate of drug-likeness (QED) is 0.794. The molecule has 5 nitrogen and oxygen atoms in total. The minimum atomic E-state index is -0.870. The molecule has 24 heavy (non-hydrogen) atoms. The van der Waals surface area contributed by atoms with Gasteiger partial charge in [0.15, 0.2) is 0 Å². The van der Waals surface area contributed by atoms with Crippen molar-refractivity contribution in [3.8, 4) is 0 Å². The Hall–Kier alpha value is -1.88. The van der Waals surface area contributed by atoms with E-state index < -0.39 is 11.9 Å². The Kier molecular flexibility index (Phi) is 7.25. The van der Waals surface area contributed by atoms with E-state index in [1.165, 1.54) is 0 Å². The van der Waals surface area contributed by atoms with E-state index in [0.717, 1.165) is 38.0 Å². The summed E-state index contributed by atoms with van der Waals surface area (Å²) in [5, 5.41) is 9.16. The number of carboxylic acid groups (broad SMARTS) is 1. The Morgan fingerprint density at radius 3 is 2.54 bits per heavy atom. The standard InChI is InChI=1S/C19H27NO4/c1-15(19(22)23)13-20(14-17-5-3-2-4-6-17)18(21)8-7-16-9-11-24-12-10-16/h2-6,15-16H,7-14H2,1H3,(H,22,23). The molecule has 0 bridgehead atoms. The summed E-state index contributed by atoms with van der Waals surface area (Å²) in [6, 6.07) is 9.72. The number of aliphatic carboxylic acids is 1. The SMILES string of the molecule is CC(CN(Cc1ccccc1)C(=O)CCC1CCOCC1)C(=O)O. The molecule has 0 spiro atoms. The highest BCUT2D eigenvalue weighted by molar-refractivity contribution is 5.77. The number of hydrogen-bond donors (Lipinski definition) is 1. The van der Waals surface area contributed by atoms with Crippen molar-refractivity contribution >= 4 is 11.9 Å². The molecular formula is C19H27NO4. The van der Waals surface area contributed by atoms with Crippen LogP contribution in [-0.2, 0) is 20.9 Å². The van der Waals surface area contributed by atoms with Crippen molar-refractivity contribution in [1.29, 1.82) is 0 Å². The maximum absolute atomic E-state index is 12.7. The van der Waals surface area contributed by atoms with Gasteiger partial charge in [0.05, 0.1) is 5.92 Å². The molecule has 1 unspecified atom stereocenters. The molecule has 1 atom stereocenters. The summed E-state index contributed by atoms with van der Waals surface area (Å²) in [4.78, 5) is 25.5. The summed E-state index contributed by atoms with van der Waals surface area (Å²) in [5.41, 5.74) is 1.02. The van der Waals surface area contributed by atoms with Crippen molar-refractivity contribution in [2.24, 2.45) is 11.8 Å². The predicted octanol–water partition coefficient (Wildman–Crippen LogP) is 2.94. The fraction of sp³-hybridized carbons (Fsp3) is 0.579. The molecule has 0 aliphatic carbocycles. The average Bonchev–Trinajstić information content (AvgIpc) is 2.60. The van der Waals surface area contributed by atoms with Crippen LogP contribution in [0.4, 0.5) is 0 Å². The van der Waals surface area contributed by atoms with Crippen molar-refractivity contribution in [3.63, 3.8) is 0 Å². The lowest BCUT2D eigenvalue weighted by molar-refractivity contribution is -0.143. The predicted molar refractivity (Wildman–Crippen MR) is 91.4 cm³/mol. The first-order chi connectivity index (χ1) is 11.6. The molecule has 1 aliphatic rings. The molecule has 1 heterocycles. The first-order valence-corrected chi connectivity index (χ1v) is 8.68. The molecule has 5 heteroatoms. The summed E-state index contributed by atoms with van der Waals surface area (Å²) in [6.07, 6.45) is 3.35. The van der Waals surface area contributed by atoms with E-state index in [9.17, 15) is 9.59 Å². The first kappa shape index (κ1) is 18.5. The van der Waals surface area contributed by atoms with Crippen LogP contribution in [0.25, 0.3) is 0 Å². The van der Waals surface area contributed by atoms with E-state index in [4.69, 9.17) is 9.84 Å². The van der Waals surface area contributed by atoms with Crippen LogP contribution in [0.2, 0.25) is 0 Å². The molecule has 132 valence electrons. The third-order valence-corrected chi connectivity index (χ3v) is 4.59. The third kappa shape index (κ3) is 5.96. The van der Waals surface area contributed by atoms with E-state index >= 15 is 0 Å². The number of rotatable bonds is 8. The first-order valence-electron chi connectivity index (χ1n) is 8.68. The number of benzene rings is 1. The van der Waals surface area contributed by atoms with Crippen LogP contribution >= 0.6 is 0 Å². The van der Waals surface area contributed by atoms with Crippen LogP contribution < -0.4 is 0 Å². The number of carbonyl (C=O) groups is 2. The second kappa shape index (κ2) is 9.42. The summed E-state index contributed by atoms with van der Waals surface area (Å²) in [5.74, 6) is -0.859. The van der Waals surface area contributed by atoms with Crippen molar-refractivity contribution in [3.05, 3.63) is 35.9 Å². The number of carboxylic acids is 1. The van der Waals surface area contributed by atoms with E-state index in [1.807, 2.05) is 30.3 Å². The number of nitrogens with zero attached hydrogens (tertiary/aromatic N) is 1. The molecule has 1 aliphatic heterocycles. The molecule has 1 aromatic rings. The van der Waals surface area contributed by atoms with Gasteiger partial charge in [0.25, 0.3) is 0 Å². The van der Waals surface area contributed by atoms with E-state index in [2.05, 4.69) is 0 Å². The fourth-order valence-electron chi connectivity index (χ4n) is 2.99. The van der Waals surface area contributed by atoms with Gasteiger partial charge in [0.2, 0.25) is 5.91 Å². The molecule has 1 aromatic carbocycles. The lowest BCUT2D eigenvalue weighted by Crippen LogP contribution is -2.36. The smallest absolute Gasteiger partial charge is 0.308 e. The Balaban J connectivity index is 1.94. The molecule has 1 N–H and O–H groups in total. The largest absolute Gasteiger partial charge is 0.481 e. The number of amides is 1. The maximum Gasteiger partial charge on any atom is 0.308 e. The average molecular weight is 333 g/mol. The third-order valence-electron chi connectivity index (χ3n) is 4.59. The van der Waals surface area contributed by atoms with Crippen molar-refractivity contribution in [2.45, 2.75) is 39.2 Å². The molecule has 1 saturated heterocycles. The van der Waals surface area contributed by atoms with Crippen LogP contribution in [-0.4, -0.2) is 41.6 Å². The second-order valence-electron chi connectivity index (χ2n) is 6.59. The van der Waals surface area contributed by atoms with Crippen LogP contribution in [0.3, 0.4) is 0 Å². The van der Waals surface area contributed by atoms with Crippen LogP contribution in [0.1, 0.15) is 38.2 Å². The van der Waals surface area contributed by atoms with E-state index in [1.54, 1.807) is 11.8 Å². The molecule has 0 aromatic heterocycles. The molecule has 2 rings (SSSR count). The van der Waals surface area contributed by atoms with Gasteiger partial charge in [-0.25, -0.2) is 0 Å². The van der Waals surface area contributed by atoms with Gasteiger partial charge < -0.3 is 14.7 Å². The minimum Gasteiger partial charge on any atom is -0.481 e. The van der Waals surface area contributed by atoms with Crippen LogP contribution in [0.15, 0.2) is 30.3 Å². The van der Waals surface area contributed by atoms with Crippen LogP contribution in [0.5, 0.6) is 0 Å². The van der Waals surface area contributed by atoms with Gasteiger partial charge in [0.1, 0.15) is 0 Å². The zero-order valence-corrected chi connectivity index (χ0v) is 14.3. The van der Waals surface area contributed by atoms with E-state index in [-0.39, 0.29) is 12.5 Å². The molecule has 0 saturated carbocycles. The van der Waals surface area contributed by atoms with Gasteiger partial charge in [-0.15, -0.1) is 0 Å². The summed E-state index contributed by atoms with van der Waals surface area (Å²) < 4.78 is 5.35. The normalized spacial score (nSPS) is 16.5.